The number of para-hydroxylation sites is 1. The summed E-state index contributed by atoms with van der Waals surface area (Å²) in [4.78, 5) is 12.3. The van der Waals surface area contributed by atoms with Gasteiger partial charge >= 0.3 is 0 Å². The summed E-state index contributed by atoms with van der Waals surface area (Å²) in [5.74, 6) is 0.772. The molecule has 1 aliphatic heterocycles. The van der Waals surface area contributed by atoms with Gasteiger partial charge in [0.2, 0.25) is 0 Å². The van der Waals surface area contributed by atoms with E-state index in [1.807, 2.05) is 24.3 Å². The van der Waals surface area contributed by atoms with Gasteiger partial charge in [-0.15, -0.1) is 0 Å². The van der Waals surface area contributed by atoms with Crippen LogP contribution in [0.2, 0.25) is 0 Å². The van der Waals surface area contributed by atoms with Crippen LogP contribution in [0.5, 0.6) is 5.75 Å². The van der Waals surface area contributed by atoms with Crippen LogP contribution in [0, 0.1) is 0 Å². The van der Waals surface area contributed by atoms with Crippen LogP contribution < -0.4 is 10.1 Å². The molecule has 18 heavy (non-hydrogen) atoms. The summed E-state index contributed by atoms with van der Waals surface area (Å²) in [7, 11) is 1.63. The van der Waals surface area contributed by atoms with Crippen LogP contribution in [-0.2, 0) is 4.74 Å². The monoisotopic (exact) mass is 249 g/mol. The third kappa shape index (κ3) is 3.09. The van der Waals surface area contributed by atoms with E-state index in [1.165, 1.54) is 0 Å². The fourth-order valence-corrected chi connectivity index (χ4v) is 2.13. The van der Waals surface area contributed by atoms with Crippen LogP contribution in [0.25, 0.3) is 0 Å². The molecule has 0 aliphatic carbocycles. The highest BCUT2D eigenvalue weighted by Gasteiger charge is 2.25. The molecule has 98 valence electrons. The second-order valence-corrected chi connectivity index (χ2v) is 4.35. The minimum Gasteiger partial charge on any atom is -0.490 e. The summed E-state index contributed by atoms with van der Waals surface area (Å²) in [5.41, 5.74) is 0.660. The standard InChI is InChI=1S/C14H19NO3/c1-17-9-10-18-13-7-3-2-5-11(13)14(16)12-6-4-8-15-12/h2-3,5,7,12,15H,4,6,8-10H2,1H3. The Morgan fingerprint density at radius 3 is 2.94 bits per heavy atom. The Balaban J connectivity index is 2.08. The van der Waals surface area contributed by atoms with Gasteiger partial charge in [0, 0.05) is 7.11 Å². The van der Waals surface area contributed by atoms with Gasteiger partial charge in [-0.25, -0.2) is 0 Å². The zero-order valence-corrected chi connectivity index (χ0v) is 10.6. The molecule has 0 amide bonds. The van der Waals surface area contributed by atoms with Crippen molar-refractivity contribution in [3.8, 4) is 5.75 Å². The van der Waals surface area contributed by atoms with Crippen molar-refractivity contribution in [1.29, 1.82) is 0 Å². The van der Waals surface area contributed by atoms with Crippen LogP contribution in [0.3, 0.4) is 0 Å². The Morgan fingerprint density at radius 2 is 2.22 bits per heavy atom. The van der Waals surface area contributed by atoms with E-state index in [4.69, 9.17) is 9.47 Å². The molecular weight excluding hydrogens is 230 g/mol. The Hall–Kier alpha value is -1.39. The molecular formula is C14H19NO3. The number of carbonyl (C=O) groups excluding carboxylic acids is 1. The van der Waals surface area contributed by atoms with Crippen molar-refractivity contribution in [2.24, 2.45) is 0 Å². The largest absolute Gasteiger partial charge is 0.490 e. The number of rotatable bonds is 6. The fraction of sp³-hybridized carbons (Fsp3) is 0.500. The molecule has 1 heterocycles. The number of hydrogen-bond donors (Lipinski definition) is 1. The zero-order valence-electron chi connectivity index (χ0n) is 10.6. The number of ketones is 1. The van der Waals surface area contributed by atoms with Gasteiger partial charge in [-0.05, 0) is 31.5 Å². The number of benzene rings is 1. The molecule has 4 nitrogen and oxygen atoms in total. The maximum Gasteiger partial charge on any atom is 0.183 e. The van der Waals surface area contributed by atoms with Crippen LogP contribution in [0.4, 0.5) is 0 Å². The lowest BCUT2D eigenvalue weighted by atomic mass is 10.0. The van der Waals surface area contributed by atoms with E-state index >= 15 is 0 Å². The number of nitrogens with one attached hydrogen (secondary N) is 1. The quantitative estimate of drug-likeness (QED) is 0.615. The predicted octanol–water partition coefficient (Wildman–Crippen LogP) is 1.65. The Morgan fingerprint density at radius 1 is 1.39 bits per heavy atom. The van der Waals surface area contributed by atoms with Crippen LogP contribution in [0.1, 0.15) is 23.2 Å². The van der Waals surface area contributed by atoms with Crippen LogP contribution in [-0.4, -0.2) is 38.7 Å². The molecule has 1 N–H and O–H groups in total. The predicted molar refractivity (Wildman–Crippen MR) is 69.2 cm³/mol. The van der Waals surface area contributed by atoms with Crippen molar-refractivity contribution in [2.75, 3.05) is 26.9 Å². The summed E-state index contributed by atoms with van der Waals surface area (Å²) in [6, 6.07) is 7.34. The van der Waals surface area contributed by atoms with Crippen molar-refractivity contribution >= 4 is 5.78 Å². The average Bonchev–Trinajstić information content (AvgIpc) is 2.93. The minimum absolute atomic E-state index is 0.0582. The van der Waals surface area contributed by atoms with Crippen LogP contribution >= 0.6 is 0 Å². The van der Waals surface area contributed by atoms with E-state index in [0.717, 1.165) is 19.4 Å². The van der Waals surface area contributed by atoms with Crippen molar-refractivity contribution in [3.63, 3.8) is 0 Å². The SMILES string of the molecule is COCCOc1ccccc1C(=O)C1CCCN1. The molecule has 0 aromatic heterocycles. The summed E-state index contributed by atoms with van der Waals surface area (Å²) >= 11 is 0. The molecule has 0 spiro atoms. The van der Waals surface area contributed by atoms with E-state index in [0.29, 0.717) is 24.5 Å². The smallest absolute Gasteiger partial charge is 0.183 e. The molecule has 2 rings (SSSR count). The molecule has 1 saturated heterocycles. The van der Waals surface area contributed by atoms with E-state index in [2.05, 4.69) is 5.32 Å². The minimum atomic E-state index is -0.0582. The van der Waals surface area contributed by atoms with Gasteiger partial charge in [-0.2, -0.15) is 0 Å². The average molecular weight is 249 g/mol. The number of Topliss-reactive ketones (excluding diaryl/α,β-unsaturated/α-hetero) is 1. The molecule has 1 aliphatic rings. The first kappa shape index (κ1) is 13.1. The second kappa shape index (κ2) is 6.52. The van der Waals surface area contributed by atoms with Gasteiger partial charge in [0.15, 0.2) is 5.78 Å². The third-order valence-corrected chi connectivity index (χ3v) is 3.07. The Kier molecular flexibility index (Phi) is 4.73. The van der Waals surface area contributed by atoms with Crippen molar-refractivity contribution in [1.82, 2.24) is 5.32 Å². The summed E-state index contributed by atoms with van der Waals surface area (Å²) in [6.07, 6.45) is 1.97. The molecule has 1 aromatic carbocycles. The molecule has 4 heteroatoms. The number of ether oxygens (including phenoxy) is 2. The first-order valence-corrected chi connectivity index (χ1v) is 6.31. The highest BCUT2D eigenvalue weighted by Crippen LogP contribution is 2.22. The molecule has 0 bridgehead atoms. The van der Waals surface area contributed by atoms with Gasteiger partial charge in [-0.1, -0.05) is 12.1 Å². The van der Waals surface area contributed by atoms with Gasteiger partial charge in [0.25, 0.3) is 0 Å². The highest BCUT2D eigenvalue weighted by molar-refractivity contribution is 6.02. The van der Waals surface area contributed by atoms with Gasteiger partial charge < -0.3 is 14.8 Å². The first-order valence-electron chi connectivity index (χ1n) is 6.31. The number of hydrogen-bond acceptors (Lipinski definition) is 4. The lowest BCUT2D eigenvalue weighted by Crippen LogP contribution is -2.31. The second-order valence-electron chi connectivity index (χ2n) is 4.35. The zero-order chi connectivity index (χ0) is 12.8. The topological polar surface area (TPSA) is 47.6 Å². The lowest BCUT2D eigenvalue weighted by molar-refractivity contribution is 0.0944. The molecule has 1 aromatic rings. The molecule has 0 saturated carbocycles. The summed E-state index contributed by atoms with van der Waals surface area (Å²) in [5, 5.41) is 3.22. The van der Waals surface area contributed by atoms with Gasteiger partial charge in [-0.3, -0.25) is 4.79 Å². The maximum absolute atomic E-state index is 12.3. The molecule has 1 atom stereocenters. The van der Waals surface area contributed by atoms with Crippen molar-refractivity contribution < 1.29 is 14.3 Å². The number of carbonyl (C=O) groups is 1. The lowest BCUT2D eigenvalue weighted by Gasteiger charge is -2.13. The van der Waals surface area contributed by atoms with Crippen LogP contribution in [0.15, 0.2) is 24.3 Å². The summed E-state index contributed by atoms with van der Waals surface area (Å²) < 4.78 is 10.5. The summed E-state index contributed by atoms with van der Waals surface area (Å²) in [6.45, 7) is 1.90. The molecule has 1 unspecified atom stereocenters. The van der Waals surface area contributed by atoms with Gasteiger partial charge in [0.05, 0.1) is 18.2 Å². The first-order chi connectivity index (χ1) is 8.83. The number of methoxy groups -OCH3 is 1. The van der Waals surface area contributed by atoms with E-state index in [-0.39, 0.29) is 11.8 Å². The van der Waals surface area contributed by atoms with Crippen molar-refractivity contribution in [2.45, 2.75) is 18.9 Å². The maximum atomic E-state index is 12.3. The molecule has 0 radical (unpaired) electrons. The Labute approximate surface area is 107 Å². The molecule has 1 fully saturated rings. The van der Waals surface area contributed by atoms with E-state index in [9.17, 15) is 4.79 Å². The normalized spacial score (nSPS) is 18.8. The highest BCUT2D eigenvalue weighted by atomic mass is 16.5. The Bertz CT molecular complexity index is 400. The van der Waals surface area contributed by atoms with Crippen molar-refractivity contribution in [3.05, 3.63) is 29.8 Å². The van der Waals surface area contributed by atoms with E-state index in [1.54, 1.807) is 7.11 Å². The van der Waals surface area contributed by atoms with Gasteiger partial charge in [0.1, 0.15) is 12.4 Å². The fourth-order valence-electron chi connectivity index (χ4n) is 2.13. The third-order valence-electron chi connectivity index (χ3n) is 3.07. The van der Waals surface area contributed by atoms with E-state index < -0.39 is 0 Å².